The molecule has 0 bridgehead atoms. The Morgan fingerprint density at radius 2 is 1.69 bits per heavy atom. The van der Waals surface area contributed by atoms with E-state index in [0.29, 0.717) is 30.2 Å². The van der Waals surface area contributed by atoms with Gasteiger partial charge in [0.15, 0.2) is 11.5 Å². The van der Waals surface area contributed by atoms with Gasteiger partial charge < -0.3 is 14.4 Å². The summed E-state index contributed by atoms with van der Waals surface area (Å²) in [4.78, 5) is 16.8. The Balaban J connectivity index is 1.52. The van der Waals surface area contributed by atoms with Crippen LogP contribution in [0.25, 0.3) is 11.3 Å². The highest BCUT2D eigenvalue weighted by molar-refractivity contribution is 7.98. The number of thioether (sulfide) groups is 1. The van der Waals surface area contributed by atoms with Gasteiger partial charge in [-0.1, -0.05) is 48.0 Å². The summed E-state index contributed by atoms with van der Waals surface area (Å²) in [7, 11) is 3.26. The molecule has 1 amide bonds. The summed E-state index contributed by atoms with van der Waals surface area (Å²) < 4.78 is 10.8. The van der Waals surface area contributed by atoms with Crippen LogP contribution in [0.1, 0.15) is 38.8 Å². The molecule has 3 aromatic carbocycles. The summed E-state index contributed by atoms with van der Waals surface area (Å²) in [6, 6.07) is 22.4. The average Bonchev–Trinajstić information content (AvgIpc) is 3.46. The van der Waals surface area contributed by atoms with Gasteiger partial charge in [0.25, 0.3) is 5.91 Å². The second kappa shape index (κ2) is 10.1. The Bertz CT molecular complexity index is 1380. The van der Waals surface area contributed by atoms with Crippen molar-refractivity contribution < 1.29 is 14.3 Å². The topological polar surface area (TPSA) is 67.5 Å². The Morgan fingerprint density at radius 1 is 0.972 bits per heavy atom. The second-order valence-corrected chi connectivity index (χ2v) is 9.72. The van der Waals surface area contributed by atoms with E-state index in [-0.39, 0.29) is 11.9 Å². The highest BCUT2D eigenvalue weighted by Crippen LogP contribution is 2.43. The van der Waals surface area contributed by atoms with Crippen molar-refractivity contribution in [2.75, 3.05) is 27.0 Å². The standard InChI is InChI=1S/C29H29N3O3S/c1-18-5-8-20(9-6-18)26-25-27(31-30-26)29(33)32(28(25)21-10-12-22(36-4)13-11-21)16-15-19-7-14-23(34-2)24(17-19)35-3/h5-14,17,28H,15-16H2,1-4H3,(H,30,31). The molecule has 6 nitrogen and oxygen atoms in total. The second-order valence-electron chi connectivity index (χ2n) is 8.84. The van der Waals surface area contributed by atoms with Crippen molar-refractivity contribution in [3.63, 3.8) is 0 Å². The number of nitrogens with one attached hydrogen (secondary N) is 1. The third-order valence-electron chi connectivity index (χ3n) is 6.71. The SMILES string of the molecule is COc1ccc(CCN2C(=O)c3[nH]nc(-c4ccc(C)cc4)c3C2c2ccc(SC)cc2)cc1OC. The van der Waals surface area contributed by atoms with Gasteiger partial charge in [-0.05, 0) is 55.0 Å². The van der Waals surface area contributed by atoms with Crippen LogP contribution in [0.5, 0.6) is 11.5 Å². The molecule has 0 spiro atoms. The lowest BCUT2D eigenvalue weighted by molar-refractivity contribution is 0.0746. The maximum Gasteiger partial charge on any atom is 0.273 e. The molecule has 4 aromatic rings. The first kappa shape index (κ1) is 24.0. The highest BCUT2D eigenvalue weighted by atomic mass is 32.2. The average molecular weight is 500 g/mol. The molecule has 5 rings (SSSR count). The molecule has 36 heavy (non-hydrogen) atoms. The van der Waals surface area contributed by atoms with Crippen LogP contribution in [0.15, 0.2) is 71.6 Å². The predicted molar refractivity (Wildman–Crippen MR) is 143 cm³/mol. The van der Waals surface area contributed by atoms with Crippen molar-refractivity contribution in [2.24, 2.45) is 0 Å². The zero-order valence-electron chi connectivity index (χ0n) is 20.9. The fourth-order valence-electron chi connectivity index (χ4n) is 4.78. The first-order valence-electron chi connectivity index (χ1n) is 11.8. The quantitative estimate of drug-likeness (QED) is 0.305. The minimum atomic E-state index is -0.224. The molecule has 1 atom stereocenters. The Labute approximate surface area is 215 Å². The Morgan fingerprint density at radius 3 is 2.36 bits per heavy atom. The van der Waals surface area contributed by atoms with Gasteiger partial charge in [-0.3, -0.25) is 9.89 Å². The lowest BCUT2D eigenvalue weighted by atomic mass is 9.95. The third kappa shape index (κ3) is 4.35. The van der Waals surface area contributed by atoms with E-state index >= 15 is 0 Å². The van der Waals surface area contributed by atoms with Crippen molar-refractivity contribution in [1.29, 1.82) is 0 Å². The van der Waals surface area contributed by atoms with Crippen molar-refractivity contribution in [1.82, 2.24) is 15.1 Å². The number of fused-ring (bicyclic) bond motifs is 1. The molecule has 0 fully saturated rings. The Hall–Kier alpha value is -3.71. The van der Waals surface area contributed by atoms with Crippen molar-refractivity contribution in [3.05, 3.63) is 94.7 Å². The number of aromatic nitrogens is 2. The lowest BCUT2D eigenvalue weighted by Gasteiger charge is -2.27. The van der Waals surface area contributed by atoms with Crippen LogP contribution < -0.4 is 9.47 Å². The van der Waals surface area contributed by atoms with E-state index in [1.54, 1.807) is 26.0 Å². The number of H-pyrrole nitrogens is 1. The molecule has 1 aliphatic rings. The predicted octanol–water partition coefficient (Wildman–Crippen LogP) is 5.91. The molecule has 1 aliphatic heterocycles. The molecule has 184 valence electrons. The number of aromatic amines is 1. The van der Waals surface area contributed by atoms with Gasteiger partial charge in [-0.15, -0.1) is 11.8 Å². The van der Waals surface area contributed by atoms with Gasteiger partial charge >= 0.3 is 0 Å². The first-order valence-corrected chi connectivity index (χ1v) is 13.1. The summed E-state index contributed by atoms with van der Waals surface area (Å²) >= 11 is 1.70. The summed E-state index contributed by atoms with van der Waals surface area (Å²) in [6.45, 7) is 2.62. The number of rotatable bonds is 8. The van der Waals surface area contributed by atoms with E-state index < -0.39 is 0 Å². The lowest BCUT2D eigenvalue weighted by Crippen LogP contribution is -2.31. The van der Waals surface area contributed by atoms with E-state index in [0.717, 1.165) is 27.9 Å². The molecule has 0 saturated heterocycles. The van der Waals surface area contributed by atoms with Crippen molar-refractivity contribution in [2.45, 2.75) is 24.3 Å². The number of methoxy groups -OCH3 is 2. The molecule has 0 radical (unpaired) electrons. The number of nitrogens with zero attached hydrogens (tertiary/aromatic N) is 2. The van der Waals surface area contributed by atoms with Crippen LogP contribution >= 0.6 is 11.8 Å². The van der Waals surface area contributed by atoms with Gasteiger partial charge in [0.2, 0.25) is 0 Å². The molecule has 1 aromatic heterocycles. The normalized spacial score (nSPS) is 14.7. The molecular weight excluding hydrogens is 470 g/mol. The molecule has 2 heterocycles. The fourth-order valence-corrected chi connectivity index (χ4v) is 5.19. The summed E-state index contributed by atoms with van der Waals surface area (Å²) in [5.74, 6) is 1.34. The molecule has 7 heteroatoms. The van der Waals surface area contributed by atoms with E-state index in [9.17, 15) is 4.79 Å². The fraction of sp³-hybridized carbons (Fsp3) is 0.241. The number of carbonyl (C=O) groups is 1. The van der Waals surface area contributed by atoms with Crippen LogP contribution in [-0.2, 0) is 6.42 Å². The van der Waals surface area contributed by atoms with Crippen LogP contribution in [0.3, 0.4) is 0 Å². The molecule has 0 aliphatic carbocycles. The van der Waals surface area contributed by atoms with Gasteiger partial charge in [0.05, 0.1) is 26.0 Å². The Kier molecular flexibility index (Phi) is 6.74. The summed E-state index contributed by atoms with van der Waals surface area (Å²) in [5.41, 5.74) is 6.66. The number of hydrogen-bond acceptors (Lipinski definition) is 5. The number of aryl methyl sites for hydroxylation is 1. The zero-order chi connectivity index (χ0) is 25.2. The number of ether oxygens (including phenoxy) is 2. The van der Waals surface area contributed by atoms with Gasteiger partial charge in [0.1, 0.15) is 5.69 Å². The molecular formula is C29H29N3O3S. The van der Waals surface area contributed by atoms with Crippen molar-refractivity contribution >= 4 is 17.7 Å². The van der Waals surface area contributed by atoms with Gasteiger partial charge in [0, 0.05) is 22.6 Å². The number of carbonyl (C=O) groups excluding carboxylic acids is 1. The zero-order valence-corrected chi connectivity index (χ0v) is 21.7. The maximum atomic E-state index is 13.7. The monoisotopic (exact) mass is 499 g/mol. The van der Waals surface area contributed by atoms with E-state index in [1.165, 1.54) is 10.5 Å². The molecule has 1 N–H and O–H groups in total. The van der Waals surface area contributed by atoms with Crippen LogP contribution in [0, 0.1) is 6.92 Å². The summed E-state index contributed by atoms with van der Waals surface area (Å²) in [5, 5.41) is 7.64. The van der Waals surface area contributed by atoms with E-state index in [4.69, 9.17) is 9.47 Å². The minimum absolute atomic E-state index is 0.0321. The highest BCUT2D eigenvalue weighted by Gasteiger charge is 2.41. The largest absolute Gasteiger partial charge is 0.493 e. The van der Waals surface area contributed by atoms with Crippen LogP contribution in [-0.4, -0.2) is 48.0 Å². The van der Waals surface area contributed by atoms with Crippen LogP contribution in [0.2, 0.25) is 0 Å². The van der Waals surface area contributed by atoms with E-state index in [2.05, 4.69) is 71.9 Å². The first-order chi connectivity index (χ1) is 17.5. The molecule has 1 unspecified atom stereocenters. The van der Waals surface area contributed by atoms with Crippen LogP contribution in [0.4, 0.5) is 0 Å². The number of amides is 1. The number of benzene rings is 3. The smallest absolute Gasteiger partial charge is 0.273 e. The maximum absolute atomic E-state index is 13.7. The molecule has 0 saturated carbocycles. The number of hydrogen-bond donors (Lipinski definition) is 1. The van der Waals surface area contributed by atoms with Crippen molar-refractivity contribution in [3.8, 4) is 22.8 Å². The van der Waals surface area contributed by atoms with E-state index in [1.807, 2.05) is 23.1 Å². The van der Waals surface area contributed by atoms with Gasteiger partial charge in [-0.25, -0.2) is 0 Å². The summed E-state index contributed by atoms with van der Waals surface area (Å²) in [6.07, 6.45) is 2.75. The van der Waals surface area contributed by atoms with Gasteiger partial charge in [-0.2, -0.15) is 5.10 Å². The minimum Gasteiger partial charge on any atom is -0.493 e. The third-order valence-corrected chi connectivity index (χ3v) is 7.45.